The van der Waals surface area contributed by atoms with E-state index in [2.05, 4.69) is 18.6 Å². The zero-order chi connectivity index (χ0) is 11.0. The summed E-state index contributed by atoms with van der Waals surface area (Å²) in [5.74, 6) is 2.77. The Morgan fingerprint density at radius 1 is 1.29 bits per heavy atom. The summed E-state index contributed by atoms with van der Waals surface area (Å²) in [6, 6.07) is 0. The van der Waals surface area contributed by atoms with Gasteiger partial charge in [0.15, 0.2) is 0 Å². The Hall–Kier alpha value is -0.180. The van der Waals surface area contributed by atoms with Crippen LogP contribution >= 0.6 is 11.8 Å². The van der Waals surface area contributed by atoms with E-state index in [4.69, 9.17) is 0 Å². The summed E-state index contributed by atoms with van der Waals surface area (Å²) in [6.45, 7) is 6.36. The minimum Gasteiger partial charge on any atom is -0.469 e. The average molecular weight is 218 g/mol. The van der Waals surface area contributed by atoms with Crippen LogP contribution in [0.15, 0.2) is 0 Å². The number of ether oxygens (including phenoxy) is 1. The molecule has 0 N–H and O–H groups in total. The van der Waals surface area contributed by atoms with Crippen LogP contribution in [0.5, 0.6) is 0 Å². The van der Waals surface area contributed by atoms with E-state index < -0.39 is 0 Å². The molecule has 0 aromatic heterocycles. The summed E-state index contributed by atoms with van der Waals surface area (Å²) >= 11 is 1.86. The van der Waals surface area contributed by atoms with Crippen LogP contribution in [0.25, 0.3) is 0 Å². The fourth-order valence-electron chi connectivity index (χ4n) is 1.21. The molecule has 0 fully saturated rings. The van der Waals surface area contributed by atoms with Gasteiger partial charge in [-0.2, -0.15) is 11.8 Å². The number of rotatable bonds is 7. The van der Waals surface area contributed by atoms with E-state index in [9.17, 15) is 4.79 Å². The van der Waals surface area contributed by atoms with Crippen LogP contribution in [0.3, 0.4) is 0 Å². The zero-order valence-electron chi connectivity index (χ0n) is 9.71. The van der Waals surface area contributed by atoms with E-state index >= 15 is 0 Å². The molecule has 0 aliphatic heterocycles. The molecular formula is C11H22O2S. The van der Waals surface area contributed by atoms with Gasteiger partial charge in [-0.25, -0.2) is 0 Å². The minimum absolute atomic E-state index is 0.0272. The lowest BCUT2D eigenvalue weighted by Gasteiger charge is -2.13. The quantitative estimate of drug-likeness (QED) is 0.615. The van der Waals surface area contributed by atoms with Gasteiger partial charge in [-0.3, -0.25) is 4.79 Å². The summed E-state index contributed by atoms with van der Waals surface area (Å²) in [7, 11) is 1.45. The Morgan fingerprint density at radius 2 is 1.86 bits per heavy atom. The first-order chi connectivity index (χ1) is 6.65. The number of methoxy groups -OCH3 is 1. The van der Waals surface area contributed by atoms with Gasteiger partial charge < -0.3 is 4.74 Å². The molecule has 0 saturated heterocycles. The predicted octanol–water partition coefficient (Wildman–Crippen LogP) is 2.96. The highest BCUT2D eigenvalue weighted by Gasteiger charge is 2.13. The molecule has 0 saturated carbocycles. The normalized spacial score (nSPS) is 12.9. The highest BCUT2D eigenvalue weighted by atomic mass is 32.2. The van der Waals surface area contributed by atoms with Gasteiger partial charge in [-0.05, 0) is 11.7 Å². The second-order valence-corrected chi connectivity index (χ2v) is 4.72. The molecule has 0 radical (unpaired) electrons. The Kier molecular flexibility index (Phi) is 8.05. The molecule has 0 bridgehead atoms. The van der Waals surface area contributed by atoms with Gasteiger partial charge in [0.2, 0.25) is 0 Å². The van der Waals surface area contributed by atoms with E-state index in [0.717, 1.165) is 17.4 Å². The topological polar surface area (TPSA) is 26.3 Å². The molecule has 0 spiro atoms. The highest BCUT2D eigenvalue weighted by molar-refractivity contribution is 7.99. The Labute approximate surface area is 91.8 Å². The molecule has 2 nitrogen and oxygen atoms in total. The van der Waals surface area contributed by atoms with Crippen molar-refractivity contribution >= 4 is 17.7 Å². The van der Waals surface area contributed by atoms with E-state index in [1.165, 1.54) is 20.0 Å². The number of carbonyl (C=O) groups is 1. The lowest BCUT2D eigenvalue weighted by Crippen LogP contribution is -2.15. The molecule has 1 unspecified atom stereocenters. The molecule has 0 aliphatic rings. The van der Waals surface area contributed by atoms with Crippen LogP contribution in [0, 0.1) is 11.8 Å². The van der Waals surface area contributed by atoms with Gasteiger partial charge in [0.05, 0.1) is 13.0 Å². The van der Waals surface area contributed by atoms with Gasteiger partial charge in [0.25, 0.3) is 0 Å². The van der Waals surface area contributed by atoms with Crippen molar-refractivity contribution in [2.45, 2.75) is 33.6 Å². The molecular weight excluding hydrogens is 196 g/mol. The number of thioether (sulfide) groups is 1. The summed E-state index contributed by atoms with van der Waals surface area (Å²) in [5, 5.41) is 0. The monoisotopic (exact) mass is 218 g/mol. The van der Waals surface area contributed by atoms with Gasteiger partial charge >= 0.3 is 5.97 Å². The maximum Gasteiger partial charge on any atom is 0.309 e. The third-order valence-electron chi connectivity index (χ3n) is 2.48. The fraction of sp³-hybridized carbons (Fsp3) is 0.909. The molecule has 1 atom stereocenters. The van der Waals surface area contributed by atoms with Crippen LogP contribution in [-0.2, 0) is 9.53 Å². The van der Waals surface area contributed by atoms with Crippen LogP contribution < -0.4 is 0 Å². The smallest absolute Gasteiger partial charge is 0.309 e. The maximum absolute atomic E-state index is 11.1. The van der Waals surface area contributed by atoms with Gasteiger partial charge in [0.1, 0.15) is 0 Å². The molecule has 0 aliphatic carbocycles. The predicted molar refractivity (Wildman–Crippen MR) is 62.6 cm³/mol. The fourth-order valence-corrected chi connectivity index (χ4v) is 2.64. The van der Waals surface area contributed by atoms with E-state index in [1.807, 2.05) is 18.7 Å². The van der Waals surface area contributed by atoms with Crippen molar-refractivity contribution in [3.63, 3.8) is 0 Å². The molecule has 84 valence electrons. The van der Waals surface area contributed by atoms with Crippen molar-refractivity contribution in [2.24, 2.45) is 11.8 Å². The van der Waals surface area contributed by atoms with Crippen LogP contribution in [-0.4, -0.2) is 24.6 Å². The molecule has 0 amide bonds. The Bertz CT molecular complexity index is 155. The maximum atomic E-state index is 11.1. The minimum atomic E-state index is -0.0953. The van der Waals surface area contributed by atoms with Gasteiger partial charge in [-0.15, -0.1) is 0 Å². The average Bonchev–Trinajstić information content (AvgIpc) is 2.22. The number of hydrogen-bond donors (Lipinski definition) is 0. The summed E-state index contributed by atoms with van der Waals surface area (Å²) < 4.78 is 4.67. The number of esters is 1. The zero-order valence-corrected chi connectivity index (χ0v) is 10.5. The summed E-state index contributed by atoms with van der Waals surface area (Å²) in [6.07, 6.45) is 2.46. The van der Waals surface area contributed by atoms with Crippen molar-refractivity contribution in [1.29, 1.82) is 0 Å². The van der Waals surface area contributed by atoms with E-state index in [0.29, 0.717) is 0 Å². The number of hydrogen-bond acceptors (Lipinski definition) is 3. The first kappa shape index (κ1) is 13.8. The van der Waals surface area contributed by atoms with Crippen molar-refractivity contribution in [1.82, 2.24) is 0 Å². The van der Waals surface area contributed by atoms with Crippen molar-refractivity contribution < 1.29 is 9.53 Å². The lowest BCUT2D eigenvalue weighted by atomic mass is 10.1. The van der Waals surface area contributed by atoms with Gasteiger partial charge in [0, 0.05) is 5.75 Å². The summed E-state index contributed by atoms with van der Waals surface area (Å²) in [4.78, 5) is 11.1. The largest absolute Gasteiger partial charge is 0.469 e. The first-order valence-electron chi connectivity index (χ1n) is 5.31. The van der Waals surface area contributed by atoms with E-state index in [-0.39, 0.29) is 11.9 Å². The Balaban J connectivity index is 3.57. The van der Waals surface area contributed by atoms with Crippen molar-refractivity contribution in [3.05, 3.63) is 0 Å². The molecule has 0 aromatic rings. The molecule has 14 heavy (non-hydrogen) atoms. The number of carbonyl (C=O) groups excluding carboxylic acids is 1. The molecule has 0 aromatic carbocycles. The second-order valence-electron chi connectivity index (χ2n) is 3.64. The van der Waals surface area contributed by atoms with Crippen LogP contribution in [0.2, 0.25) is 0 Å². The van der Waals surface area contributed by atoms with Crippen LogP contribution in [0.1, 0.15) is 33.6 Å². The van der Waals surface area contributed by atoms with Crippen molar-refractivity contribution in [2.75, 3.05) is 18.6 Å². The lowest BCUT2D eigenvalue weighted by molar-refractivity contribution is -0.143. The summed E-state index contributed by atoms with van der Waals surface area (Å²) in [5.41, 5.74) is 0. The second kappa shape index (κ2) is 8.16. The SMILES string of the molecule is CCC(CC)CSCC(C)C(=O)OC. The standard InChI is InChI=1S/C11H22O2S/c1-5-10(6-2)8-14-7-9(3)11(12)13-4/h9-10H,5-8H2,1-4H3. The van der Waals surface area contributed by atoms with Crippen molar-refractivity contribution in [3.8, 4) is 0 Å². The molecule has 3 heteroatoms. The van der Waals surface area contributed by atoms with E-state index in [1.54, 1.807) is 0 Å². The van der Waals surface area contributed by atoms with Crippen LogP contribution in [0.4, 0.5) is 0 Å². The molecule has 0 rings (SSSR count). The highest BCUT2D eigenvalue weighted by Crippen LogP contribution is 2.18. The third-order valence-corrected chi connectivity index (χ3v) is 3.92. The third kappa shape index (κ3) is 5.53. The Morgan fingerprint density at radius 3 is 2.29 bits per heavy atom. The first-order valence-corrected chi connectivity index (χ1v) is 6.46. The molecule has 0 heterocycles. The van der Waals surface area contributed by atoms with Gasteiger partial charge in [-0.1, -0.05) is 33.6 Å².